The van der Waals surface area contributed by atoms with Crippen molar-refractivity contribution < 1.29 is 17.9 Å². The van der Waals surface area contributed by atoms with Gasteiger partial charge in [0, 0.05) is 12.6 Å². The number of nitrogens with zero attached hydrogens (tertiary/aromatic N) is 1. The highest BCUT2D eigenvalue weighted by Gasteiger charge is 2.31. The van der Waals surface area contributed by atoms with Gasteiger partial charge in [0.2, 0.25) is 10.0 Å². The third-order valence-electron chi connectivity index (χ3n) is 3.62. The average molecular weight is 347 g/mol. The van der Waals surface area contributed by atoms with Gasteiger partial charge in [0.1, 0.15) is 5.75 Å². The van der Waals surface area contributed by atoms with Gasteiger partial charge in [0.05, 0.1) is 9.92 Å². The number of halogens is 1. The second-order valence-electron chi connectivity index (χ2n) is 5.31. The van der Waals surface area contributed by atoms with Gasteiger partial charge in [-0.3, -0.25) is 4.79 Å². The summed E-state index contributed by atoms with van der Waals surface area (Å²) in [7, 11) is -3.58. The van der Waals surface area contributed by atoms with Crippen molar-refractivity contribution in [3.05, 3.63) is 23.2 Å². The van der Waals surface area contributed by atoms with E-state index in [0.29, 0.717) is 6.54 Å². The molecule has 1 atom stereocenters. The minimum absolute atomic E-state index is 0.0247. The lowest BCUT2D eigenvalue weighted by atomic mass is 10.1. The van der Waals surface area contributed by atoms with Gasteiger partial charge in [0.25, 0.3) is 5.91 Å². The second kappa shape index (κ2) is 6.85. The molecule has 1 aliphatic heterocycles. The van der Waals surface area contributed by atoms with Crippen LogP contribution >= 0.6 is 11.6 Å². The smallest absolute Gasteiger partial charge is 0.255 e. The van der Waals surface area contributed by atoms with E-state index in [-0.39, 0.29) is 28.3 Å². The van der Waals surface area contributed by atoms with Crippen LogP contribution in [0, 0.1) is 0 Å². The molecule has 1 saturated heterocycles. The van der Waals surface area contributed by atoms with Crippen molar-refractivity contribution in [2.45, 2.75) is 37.1 Å². The van der Waals surface area contributed by atoms with E-state index < -0.39 is 15.9 Å². The third-order valence-corrected chi connectivity index (χ3v) is 5.93. The Morgan fingerprint density at radius 1 is 1.45 bits per heavy atom. The molecule has 1 aliphatic rings. The van der Waals surface area contributed by atoms with Crippen LogP contribution in [0.15, 0.2) is 23.1 Å². The molecule has 1 aromatic carbocycles. The summed E-state index contributed by atoms with van der Waals surface area (Å²) in [6.07, 6.45) is 2.75. The maximum Gasteiger partial charge on any atom is 0.255 e. The van der Waals surface area contributed by atoms with Crippen molar-refractivity contribution in [3.63, 3.8) is 0 Å². The molecule has 8 heteroatoms. The van der Waals surface area contributed by atoms with Crippen LogP contribution in [0.1, 0.15) is 26.2 Å². The maximum absolute atomic E-state index is 12.7. The first-order valence-electron chi connectivity index (χ1n) is 7.05. The van der Waals surface area contributed by atoms with Crippen molar-refractivity contribution >= 4 is 27.5 Å². The van der Waals surface area contributed by atoms with Crippen molar-refractivity contribution in [3.8, 4) is 5.75 Å². The first-order valence-corrected chi connectivity index (χ1v) is 8.86. The number of sulfonamides is 1. The summed E-state index contributed by atoms with van der Waals surface area (Å²) >= 11 is 6.03. The fourth-order valence-electron chi connectivity index (χ4n) is 2.47. The van der Waals surface area contributed by atoms with E-state index in [0.717, 1.165) is 19.3 Å². The van der Waals surface area contributed by atoms with Crippen molar-refractivity contribution in [1.82, 2.24) is 4.31 Å². The van der Waals surface area contributed by atoms with E-state index in [1.807, 2.05) is 6.92 Å². The fourth-order valence-corrected chi connectivity index (χ4v) is 4.50. The minimum atomic E-state index is -3.58. The summed E-state index contributed by atoms with van der Waals surface area (Å²) < 4.78 is 32.0. The number of hydrogen-bond acceptors (Lipinski definition) is 4. The lowest BCUT2D eigenvalue weighted by Crippen LogP contribution is -2.41. The highest BCUT2D eigenvalue weighted by molar-refractivity contribution is 7.89. The van der Waals surface area contributed by atoms with Gasteiger partial charge in [0.15, 0.2) is 6.61 Å². The zero-order chi connectivity index (χ0) is 16.3. The number of ether oxygens (including phenoxy) is 1. The molecular formula is C14H19ClN2O4S. The zero-order valence-corrected chi connectivity index (χ0v) is 13.9. The monoisotopic (exact) mass is 346 g/mol. The molecule has 0 spiro atoms. The maximum atomic E-state index is 12.7. The van der Waals surface area contributed by atoms with Gasteiger partial charge in [-0.2, -0.15) is 4.31 Å². The van der Waals surface area contributed by atoms with Crippen LogP contribution < -0.4 is 10.5 Å². The van der Waals surface area contributed by atoms with E-state index in [9.17, 15) is 13.2 Å². The van der Waals surface area contributed by atoms with E-state index in [1.165, 1.54) is 22.5 Å². The van der Waals surface area contributed by atoms with Gasteiger partial charge in [-0.15, -0.1) is 0 Å². The predicted octanol–water partition coefficient (Wildman–Crippen LogP) is 1.77. The average Bonchev–Trinajstić information content (AvgIpc) is 2.46. The molecule has 22 heavy (non-hydrogen) atoms. The van der Waals surface area contributed by atoms with Crippen LogP contribution in [-0.4, -0.2) is 37.8 Å². The summed E-state index contributed by atoms with van der Waals surface area (Å²) in [5.74, 6) is -0.402. The van der Waals surface area contributed by atoms with Gasteiger partial charge in [-0.05, 0) is 38.0 Å². The Balaban J connectivity index is 2.24. The first kappa shape index (κ1) is 17.1. The molecule has 1 heterocycles. The van der Waals surface area contributed by atoms with E-state index >= 15 is 0 Å². The molecule has 0 saturated carbocycles. The quantitative estimate of drug-likeness (QED) is 0.879. The topological polar surface area (TPSA) is 89.7 Å². The number of amides is 1. The summed E-state index contributed by atoms with van der Waals surface area (Å²) in [6, 6.07) is 4.18. The molecule has 0 radical (unpaired) electrons. The number of carbonyl (C=O) groups excluding carboxylic acids is 1. The standard InChI is InChI=1S/C14H19ClN2O4S/c1-10-4-2-3-7-17(10)22(19,20)11-5-6-13(12(15)8-11)21-9-14(16)18/h5-6,8,10H,2-4,7,9H2,1H3,(H2,16,18)/t10-/m1/s1. The highest BCUT2D eigenvalue weighted by Crippen LogP contribution is 2.31. The Kier molecular flexibility index (Phi) is 5.31. The second-order valence-corrected chi connectivity index (χ2v) is 7.61. The van der Waals surface area contributed by atoms with Crippen molar-refractivity contribution in [2.75, 3.05) is 13.2 Å². The van der Waals surface area contributed by atoms with Crippen LogP contribution in [0.25, 0.3) is 0 Å². The Morgan fingerprint density at radius 2 is 2.18 bits per heavy atom. The Bertz CT molecular complexity index is 663. The molecule has 1 amide bonds. The molecule has 122 valence electrons. The molecule has 0 aliphatic carbocycles. The highest BCUT2D eigenvalue weighted by atomic mass is 35.5. The van der Waals surface area contributed by atoms with Crippen LogP contribution in [0.5, 0.6) is 5.75 Å². The van der Waals surface area contributed by atoms with E-state index in [2.05, 4.69) is 0 Å². The number of piperidine rings is 1. The van der Waals surface area contributed by atoms with Crippen LogP contribution in [0.2, 0.25) is 5.02 Å². The Morgan fingerprint density at radius 3 is 2.77 bits per heavy atom. The fraction of sp³-hybridized carbons (Fsp3) is 0.500. The first-order chi connectivity index (χ1) is 10.3. The number of benzene rings is 1. The Labute approximate surface area is 135 Å². The lowest BCUT2D eigenvalue weighted by Gasteiger charge is -2.32. The number of rotatable bonds is 5. The molecule has 6 nitrogen and oxygen atoms in total. The number of hydrogen-bond donors (Lipinski definition) is 1. The Hall–Kier alpha value is -1.31. The molecule has 2 rings (SSSR count). The largest absolute Gasteiger partial charge is 0.482 e. The van der Waals surface area contributed by atoms with Crippen LogP contribution in [0.3, 0.4) is 0 Å². The van der Waals surface area contributed by atoms with E-state index in [4.69, 9.17) is 22.1 Å². The van der Waals surface area contributed by atoms with Gasteiger partial charge >= 0.3 is 0 Å². The molecule has 1 aromatic rings. The SMILES string of the molecule is C[C@@H]1CCCCN1S(=O)(=O)c1ccc(OCC(N)=O)c(Cl)c1. The van der Waals surface area contributed by atoms with Crippen LogP contribution in [-0.2, 0) is 14.8 Å². The normalized spacial score (nSPS) is 19.8. The van der Waals surface area contributed by atoms with Gasteiger partial charge < -0.3 is 10.5 Å². The summed E-state index contributed by atoms with van der Waals surface area (Å²) in [6.45, 7) is 2.11. The summed E-state index contributed by atoms with van der Waals surface area (Å²) in [4.78, 5) is 10.8. The number of carbonyl (C=O) groups is 1. The third kappa shape index (κ3) is 3.71. The van der Waals surface area contributed by atoms with Crippen molar-refractivity contribution in [1.29, 1.82) is 0 Å². The molecule has 0 aromatic heterocycles. The van der Waals surface area contributed by atoms with E-state index in [1.54, 1.807) is 0 Å². The molecule has 0 unspecified atom stereocenters. The predicted molar refractivity (Wildman–Crippen MR) is 83.3 cm³/mol. The molecular weight excluding hydrogens is 328 g/mol. The lowest BCUT2D eigenvalue weighted by molar-refractivity contribution is -0.119. The van der Waals surface area contributed by atoms with Gasteiger partial charge in [-0.1, -0.05) is 18.0 Å². The minimum Gasteiger partial charge on any atom is -0.482 e. The molecule has 1 fully saturated rings. The number of nitrogens with two attached hydrogens (primary N) is 1. The summed E-state index contributed by atoms with van der Waals surface area (Å²) in [5.41, 5.74) is 4.99. The van der Waals surface area contributed by atoms with Crippen LogP contribution in [0.4, 0.5) is 0 Å². The molecule has 0 bridgehead atoms. The molecule has 2 N–H and O–H groups in total. The number of primary amides is 1. The zero-order valence-electron chi connectivity index (χ0n) is 12.3. The van der Waals surface area contributed by atoms with Gasteiger partial charge in [-0.25, -0.2) is 8.42 Å². The summed E-state index contributed by atoms with van der Waals surface area (Å²) in [5, 5.41) is 0.131. The van der Waals surface area contributed by atoms with Crippen molar-refractivity contribution in [2.24, 2.45) is 5.73 Å².